The summed E-state index contributed by atoms with van der Waals surface area (Å²) in [5, 5.41) is 0. The summed E-state index contributed by atoms with van der Waals surface area (Å²) < 4.78 is 0. The maximum Gasteiger partial charge on any atom is 0.271 e. The molecule has 0 radical (unpaired) electrons. The van der Waals surface area contributed by atoms with Crippen LogP contribution in [0.2, 0.25) is 0 Å². The highest BCUT2D eigenvalue weighted by atomic mass is 16.2. The highest BCUT2D eigenvalue weighted by molar-refractivity contribution is 5.99. The number of hydrogen-bond donors (Lipinski definition) is 2. The Kier molecular flexibility index (Phi) is 5.68. The zero-order chi connectivity index (χ0) is 16.7. The minimum Gasteiger partial charge on any atom is -0.372 e. The van der Waals surface area contributed by atoms with Crippen LogP contribution in [-0.2, 0) is 0 Å². The normalized spacial score (nSPS) is 10.0. The van der Waals surface area contributed by atoms with E-state index >= 15 is 0 Å². The largest absolute Gasteiger partial charge is 0.372 e. The number of nitrogens with zero attached hydrogens (tertiary/aromatic N) is 2. The van der Waals surface area contributed by atoms with Crippen LogP contribution in [0.3, 0.4) is 0 Å². The average molecular weight is 312 g/mol. The molecule has 0 atom stereocenters. The second kappa shape index (κ2) is 7.93. The van der Waals surface area contributed by atoms with Gasteiger partial charge in [-0.1, -0.05) is 0 Å². The van der Waals surface area contributed by atoms with E-state index in [0.717, 1.165) is 18.8 Å². The summed E-state index contributed by atoms with van der Waals surface area (Å²) in [6.45, 7) is 5.97. The van der Waals surface area contributed by atoms with Crippen molar-refractivity contribution in [1.82, 2.24) is 15.8 Å². The molecule has 2 rings (SSSR count). The van der Waals surface area contributed by atoms with Gasteiger partial charge in [-0.25, -0.2) is 0 Å². The fourth-order valence-corrected chi connectivity index (χ4v) is 2.17. The molecule has 0 unspecified atom stereocenters. The second-order valence-corrected chi connectivity index (χ2v) is 4.87. The zero-order valence-electron chi connectivity index (χ0n) is 13.2. The average Bonchev–Trinajstić information content (AvgIpc) is 2.61. The molecule has 0 bridgehead atoms. The predicted octanol–water partition coefficient (Wildman–Crippen LogP) is 2.00. The van der Waals surface area contributed by atoms with E-state index in [4.69, 9.17) is 0 Å². The number of amides is 2. The van der Waals surface area contributed by atoms with E-state index in [2.05, 4.69) is 34.6 Å². The number of aromatic nitrogens is 1. The summed E-state index contributed by atoms with van der Waals surface area (Å²) in [6.07, 6.45) is 3.01. The highest BCUT2D eigenvalue weighted by Gasteiger charge is 2.09. The molecule has 0 aliphatic heterocycles. The summed E-state index contributed by atoms with van der Waals surface area (Å²) in [4.78, 5) is 29.9. The Morgan fingerprint density at radius 3 is 2.09 bits per heavy atom. The van der Waals surface area contributed by atoms with Gasteiger partial charge in [-0.15, -0.1) is 0 Å². The van der Waals surface area contributed by atoms with Crippen LogP contribution in [0.25, 0.3) is 0 Å². The molecule has 6 heteroatoms. The first-order chi connectivity index (χ1) is 11.2. The van der Waals surface area contributed by atoms with E-state index in [1.165, 1.54) is 6.20 Å². The first kappa shape index (κ1) is 16.5. The van der Waals surface area contributed by atoms with Crippen molar-refractivity contribution in [2.45, 2.75) is 13.8 Å². The number of carbonyl (C=O) groups is 2. The molecule has 120 valence electrons. The lowest BCUT2D eigenvalue weighted by atomic mass is 10.2. The molecule has 2 amide bonds. The van der Waals surface area contributed by atoms with Crippen LogP contribution in [0.4, 0.5) is 5.69 Å². The van der Waals surface area contributed by atoms with Crippen LogP contribution >= 0.6 is 0 Å². The minimum absolute atomic E-state index is 0.367. The zero-order valence-corrected chi connectivity index (χ0v) is 13.2. The third-order valence-corrected chi connectivity index (χ3v) is 3.47. The lowest BCUT2D eigenvalue weighted by molar-refractivity contribution is 0.0846. The van der Waals surface area contributed by atoms with Crippen molar-refractivity contribution < 1.29 is 9.59 Å². The van der Waals surface area contributed by atoms with Gasteiger partial charge in [0.05, 0.1) is 5.56 Å². The third kappa shape index (κ3) is 4.29. The van der Waals surface area contributed by atoms with Gasteiger partial charge in [0.15, 0.2) is 0 Å². The van der Waals surface area contributed by atoms with Crippen molar-refractivity contribution in [2.75, 3.05) is 18.0 Å². The number of hydrazine groups is 1. The van der Waals surface area contributed by atoms with Crippen molar-refractivity contribution in [2.24, 2.45) is 0 Å². The smallest absolute Gasteiger partial charge is 0.271 e. The number of pyridine rings is 1. The van der Waals surface area contributed by atoms with Crippen molar-refractivity contribution in [3.05, 3.63) is 59.9 Å². The van der Waals surface area contributed by atoms with Crippen molar-refractivity contribution >= 4 is 17.5 Å². The van der Waals surface area contributed by atoms with Gasteiger partial charge >= 0.3 is 0 Å². The van der Waals surface area contributed by atoms with E-state index in [0.29, 0.717) is 11.1 Å². The second-order valence-electron chi connectivity index (χ2n) is 4.87. The molecule has 1 aromatic carbocycles. The van der Waals surface area contributed by atoms with Gasteiger partial charge in [0, 0.05) is 36.7 Å². The molecule has 1 heterocycles. The maximum absolute atomic E-state index is 12.0. The SMILES string of the molecule is CCN(CC)c1ccc(C(=O)NNC(=O)c2cccnc2)cc1. The fourth-order valence-electron chi connectivity index (χ4n) is 2.17. The van der Waals surface area contributed by atoms with E-state index < -0.39 is 5.91 Å². The predicted molar refractivity (Wildman–Crippen MR) is 89.2 cm³/mol. The topological polar surface area (TPSA) is 74.3 Å². The van der Waals surface area contributed by atoms with Crippen LogP contribution in [0.5, 0.6) is 0 Å². The van der Waals surface area contributed by atoms with Gasteiger partial charge < -0.3 is 4.90 Å². The lowest BCUT2D eigenvalue weighted by Crippen LogP contribution is -2.41. The molecule has 6 nitrogen and oxygen atoms in total. The van der Waals surface area contributed by atoms with E-state index in [9.17, 15) is 9.59 Å². The van der Waals surface area contributed by atoms with Gasteiger partial charge in [0.25, 0.3) is 11.8 Å². The number of rotatable bonds is 5. The molecular weight excluding hydrogens is 292 g/mol. The Balaban J connectivity index is 1.94. The van der Waals surface area contributed by atoms with Crippen LogP contribution in [0, 0.1) is 0 Å². The third-order valence-electron chi connectivity index (χ3n) is 3.47. The Bertz CT molecular complexity index is 652. The quantitative estimate of drug-likeness (QED) is 0.828. The molecule has 0 aliphatic carbocycles. The minimum atomic E-state index is -0.411. The molecule has 23 heavy (non-hydrogen) atoms. The number of carbonyl (C=O) groups excluding carboxylic acids is 2. The summed E-state index contributed by atoms with van der Waals surface area (Å²) >= 11 is 0. The Hall–Kier alpha value is -2.89. The molecule has 0 fully saturated rings. The Labute approximate surface area is 135 Å². The van der Waals surface area contributed by atoms with Gasteiger partial charge in [-0.05, 0) is 50.2 Å². The van der Waals surface area contributed by atoms with Crippen LogP contribution in [0.15, 0.2) is 48.8 Å². The highest BCUT2D eigenvalue weighted by Crippen LogP contribution is 2.14. The summed E-state index contributed by atoms with van der Waals surface area (Å²) in [7, 11) is 0. The molecule has 0 saturated heterocycles. The standard InChI is InChI=1S/C17H20N4O2/c1-3-21(4-2)15-9-7-13(8-10-15)16(22)19-20-17(23)14-6-5-11-18-12-14/h5-12H,3-4H2,1-2H3,(H,19,22)(H,20,23). The fraction of sp³-hybridized carbons (Fsp3) is 0.235. The molecule has 2 N–H and O–H groups in total. The molecule has 0 saturated carbocycles. The van der Waals surface area contributed by atoms with Gasteiger partial charge in [-0.3, -0.25) is 25.4 Å². The maximum atomic E-state index is 12.0. The summed E-state index contributed by atoms with van der Waals surface area (Å²) in [6, 6.07) is 10.5. The van der Waals surface area contributed by atoms with Crippen LogP contribution in [-0.4, -0.2) is 29.9 Å². The molecule has 0 spiro atoms. The van der Waals surface area contributed by atoms with Gasteiger partial charge in [0.2, 0.25) is 0 Å². The number of benzene rings is 1. The van der Waals surface area contributed by atoms with Crippen molar-refractivity contribution in [3.63, 3.8) is 0 Å². The van der Waals surface area contributed by atoms with Gasteiger partial charge in [0.1, 0.15) is 0 Å². The lowest BCUT2D eigenvalue weighted by Gasteiger charge is -2.21. The number of hydrogen-bond acceptors (Lipinski definition) is 4. The van der Waals surface area contributed by atoms with Crippen molar-refractivity contribution in [1.29, 1.82) is 0 Å². The van der Waals surface area contributed by atoms with Crippen molar-refractivity contribution in [3.8, 4) is 0 Å². The molecule has 1 aromatic heterocycles. The van der Waals surface area contributed by atoms with Crippen LogP contribution < -0.4 is 15.8 Å². The first-order valence-electron chi connectivity index (χ1n) is 7.51. The molecule has 2 aromatic rings. The van der Waals surface area contributed by atoms with E-state index in [-0.39, 0.29) is 5.91 Å². The molecule has 0 aliphatic rings. The van der Waals surface area contributed by atoms with Gasteiger partial charge in [-0.2, -0.15) is 0 Å². The number of nitrogens with one attached hydrogen (secondary N) is 2. The number of anilines is 1. The molecular formula is C17H20N4O2. The van der Waals surface area contributed by atoms with E-state index in [1.54, 1.807) is 30.5 Å². The monoisotopic (exact) mass is 312 g/mol. The Morgan fingerprint density at radius 1 is 0.957 bits per heavy atom. The van der Waals surface area contributed by atoms with Crippen LogP contribution in [0.1, 0.15) is 34.6 Å². The first-order valence-corrected chi connectivity index (χ1v) is 7.51. The summed E-state index contributed by atoms with van der Waals surface area (Å²) in [5.74, 6) is -0.778. The van der Waals surface area contributed by atoms with E-state index in [1.807, 2.05) is 12.1 Å². The Morgan fingerprint density at radius 2 is 1.57 bits per heavy atom. The summed E-state index contributed by atoms with van der Waals surface area (Å²) in [5.41, 5.74) is 6.68.